The smallest absolute Gasteiger partial charge is 0.261 e. The molecule has 0 aromatic heterocycles. The molecular formula is C23H25FN2O5S. The molecule has 0 aliphatic carbocycles. The Morgan fingerprint density at radius 3 is 2.16 bits per heavy atom. The van der Waals surface area contributed by atoms with E-state index in [0.29, 0.717) is 24.1 Å². The van der Waals surface area contributed by atoms with Crippen molar-refractivity contribution in [3.8, 4) is 5.75 Å². The Kier molecular flexibility index (Phi) is 9.33. The van der Waals surface area contributed by atoms with Gasteiger partial charge in [-0.1, -0.05) is 60.7 Å². The number of primary amides is 1. The molecule has 0 aliphatic rings. The van der Waals surface area contributed by atoms with Crippen LogP contribution in [0.1, 0.15) is 22.7 Å². The van der Waals surface area contributed by atoms with E-state index in [4.69, 9.17) is 15.0 Å². The van der Waals surface area contributed by atoms with E-state index in [9.17, 15) is 17.6 Å². The number of benzene rings is 3. The number of halogens is 1. The fourth-order valence-corrected chi connectivity index (χ4v) is 2.73. The molecule has 1 unspecified atom stereocenters. The highest BCUT2D eigenvalue weighted by Gasteiger charge is 2.16. The van der Waals surface area contributed by atoms with Gasteiger partial charge in [0.1, 0.15) is 24.2 Å². The summed E-state index contributed by atoms with van der Waals surface area (Å²) in [5.74, 6) is -0.0562. The Morgan fingerprint density at radius 1 is 1.03 bits per heavy atom. The summed E-state index contributed by atoms with van der Waals surface area (Å²) in [5, 5.41) is 3.17. The molecule has 0 spiro atoms. The summed E-state index contributed by atoms with van der Waals surface area (Å²) in [6.07, 6.45) is 0.715. The van der Waals surface area contributed by atoms with E-state index in [2.05, 4.69) is 5.32 Å². The van der Waals surface area contributed by atoms with E-state index in [1.807, 2.05) is 54.6 Å². The first-order valence-corrected chi connectivity index (χ1v) is 11.4. The number of carbonyl (C=O) groups excluding carboxylic acids is 1. The lowest BCUT2D eigenvalue weighted by Gasteiger charge is -2.16. The van der Waals surface area contributed by atoms with Gasteiger partial charge in [0.15, 0.2) is 0 Å². The largest absolute Gasteiger partial charge is 0.489 e. The molecule has 3 aromatic carbocycles. The first-order chi connectivity index (χ1) is 15.1. The van der Waals surface area contributed by atoms with E-state index in [1.165, 1.54) is 6.07 Å². The van der Waals surface area contributed by atoms with Gasteiger partial charge in [-0.3, -0.25) is 14.7 Å². The minimum atomic E-state index is -3.67. The zero-order valence-electron chi connectivity index (χ0n) is 17.4. The predicted molar refractivity (Wildman–Crippen MR) is 120 cm³/mol. The van der Waals surface area contributed by atoms with Crippen molar-refractivity contribution in [1.29, 1.82) is 0 Å². The molecule has 0 radical (unpaired) electrons. The van der Waals surface area contributed by atoms with Crippen molar-refractivity contribution >= 4 is 16.0 Å². The maximum atomic E-state index is 13.6. The quantitative estimate of drug-likeness (QED) is 0.444. The predicted octanol–water partition coefficient (Wildman–Crippen LogP) is 3.22. The van der Waals surface area contributed by atoms with Gasteiger partial charge in [0.05, 0.1) is 6.26 Å². The highest BCUT2D eigenvalue weighted by Crippen LogP contribution is 2.17. The van der Waals surface area contributed by atoms with Gasteiger partial charge in [0, 0.05) is 12.1 Å². The van der Waals surface area contributed by atoms with Crippen molar-refractivity contribution in [1.82, 2.24) is 5.32 Å². The number of rotatable bonds is 8. The van der Waals surface area contributed by atoms with Crippen molar-refractivity contribution in [3.05, 3.63) is 101 Å². The van der Waals surface area contributed by atoms with Crippen LogP contribution < -0.4 is 15.8 Å². The molecule has 0 bridgehead atoms. The van der Waals surface area contributed by atoms with Crippen LogP contribution >= 0.6 is 0 Å². The normalized spacial score (nSPS) is 11.7. The third-order valence-electron chi connectivity index (χ3n) is 4.20. The van der Waals surface area contributed by atoms with Crippen LogP contribution in [0.5, 0.6) is 5.75 Å². The molecule has 0 saturated heterocycles. The Bertz CT molecular complexity index is 1100. The van der Waals surface area contributed by atoms with Crippen LogP contribution in [0.25, 0.3) is 0 Å². The maximum Gasteiger partial charge on any atom is 0.261 e. The lowest BCUT2D eigenvalue weighted by Crippen LogP contribution is -2.33. The number of nitrogens with one attached hydrogen (secondary N) is 1. The van der Waals surface area contributed by atoms with Crippen LogP contribution in [0.4, 0.5) is 4.39 Å². The molecule has 7 nitrogen and oxygen atoms in total. The highest BCUT2D eigenvalue weighted by molar-refractivity contribution is 7.85. The number of hydrogen-bond donors (Lipinski definition) is 3. The average Bonchev–Trinajstić information content (AvgIpc) is 2.73. The monoisotopic (exact) mass is 460 g/mol. The van der Waals surface area contributed by atoms with E-state index < -0.39 is 22.1 Å². The summed E-state index contributed by atoms with van der Waals surface area (Å²) in [4.78, 5) is 11.7. The molecule has 3 aromatic rings. The molecule has 0 aliphatic heterocycles. The van der Waals surface area contributed by atoms with Gasteiger partial charge in [-0.05, 0) is 29.3 Å². The van der Waals surface area contributed by atoms with E-state index in [1.54, 1.807) is 18.2 Å². The molecule has 4 N–H and O–H groups in total. The lowest BCUT2D eigenvalue weighted by atomic mass is 10.1. The molecule has 1 atom stereocenters. The first-order valence-electron chi connectivity index (χ1n) is 9.58. The SMILES string of the molecule is CS(=O)(=O)O.NC(=O)C(NCc1ccc(OCc2ccccc2F)cc1)c1ccccc1. The molecule has 0 saturated carbocycles. The van der Waals surface area contributed by atoms with Crippen LogP contribution in [0, 0.1) is 5.82 Å². The van der Waals surface area contributed by atoms with Gasteiger partial charge in [-0.15, -0.1) is 0 Å². The van der Waals surface area contributed by atoms with Gasteiger partial charge in [-0.25, -0.2) is 4.39 Å². The molecule has 1 amide bonds. The number of ether oxygens (including phenoxy) is 1. The zero-order chi connectivity index (χ0) is 23.6. The van der Waals surface area contributed by atoms with Gasteiger partial charge >= 0.3 is 0 Å². The van der Waals surface area contributed by atoms with Crippen LogP contribution in [0.15, 0.2) is 78.9 Å². The minimum absolute atomic E-state index is 0.169. The van der Waals surface area contributed by atoms with Crippen molar-refractivity contribution < 1.29 is 26.9 Å². The summed E-state index contributed by atoms with van der Waals surface area (Å²) in [6.45, 7) is 0.651. The van der Waals surface area contributed by atoms with Crippen molar-refractivity contribution in [2.45, 2.75) is 19.2 Å². The minimum Gasteiger partial charge on any atom is -0.489 e. The van der Waals surface area contributed by atoms with Crippen LogP contribution in [-0.2, 0) is 28.1 Å². The Labute approximate surface area is 186 Å². The topological polar surface area (TPSA) is 119 Å². The fraction of sp³-hybridized carbons (Fsp3) is 0.174. The highest BCUT2D eigenvalue weighted by atomic mass is 32.2. The van der Waals surface area contributed by atoms with Crippen molar-refractivity contribution in [2.24, 2.45) is 5.73 Å². The number of nitrogens with two attached hydrogens (primary N) is 1. The maximum absolute atomic E-state index is 13.6. The number of amides is 1. The Balaban J connectivity index is 0.000000654. The third-order valence-corrected chi connectivity index (χ3v) is 4.20. The summed E-state index contributed by atoms with van der Waals surface area (Å²) in [6, 6.07) is 22.8. The summed E-state index contributed by atoms with van der Waals surface area (Å²) < 4.78 is 45.1. The molecule has 32 heavy (non-hydrogen) atoms. The van der Waals surface area contributed by atoms with Gasteiger partial charge in [-0.2, -0.15) is 8.42 Å². The molecule has 0 fully saturated rings. The molecule has 0 heterocycles. The summed E-state index contributed by atoms with van der Waals surface area (Å²) in [5.41, 5.74) is 7.83. The summed E-state index contributed by atoms with van der Waals surface area (Å²) >= 11 is 0. The van der Waals surface area contributed by atoms with Gasteiger partial charge in [0.25, 0.3) is 10.1 Å². The second kappa shape index (κ2) is 11.9. The number of hydrogen-bond acceptors (Lipinski definition) is 5. The zero-order valence-corrected chi connectivity index (χ0v) is 18.3. The fourth-order valence-electron chi connectivity index (χ4n) is 2.73. The van der Waals surface area contributed by atoms with Gasteiger partial charge in [0.2, 0.25) is 5.91 Å². The van der Waals surface area contributed by atoms with Crippen LogP contribution in [0.3, 0.4) is 0 Å². The average molecular weight is 461 g/mol. The molecule has 170 valence electrons. The summed E-state index contributed by atoms with van der Waals surface area (Å²) in [7, 11) is -3.67. The van der Waals surface area contributed by atoms with Gasteiger partial charge < -0.3 is 10.5 Å². The third kappa shape index (κ3) is 9.25. The Morgan fingerprint density at radius 2 is 1.59 bits per heavy atom. The molecule has 9 heteroatoms. The van der Waals surface area contributed by atoms with Crippen LogP contribution in [-0.4, -0.2) is 25.1 Å². The molecule has 3 rings (SSSR count). The second-order valence-electron chi connectivity index (χ2n) is 6.88. The van der Waals surface area contributed by atoms with E-state index >= 15 is 0 Å². The lowest BCUT2D eigenvalue weighted by molar-refractivity contribution is -0.120. The van der Waals surface area contributed by atoms with E-state index in [0.717, 1.165) is 11.1 Å². The Hall–Kier alpha value is -3.27. The van der Waals surface area contributed by atoms with Crippen LogP contribution in [0.2, 0.25) is 0 Å². The second-order valence-corrected chi connectivity index (χ2v) is 8.35. The number of carbonyl (C=O) groups is 1. The van der Waals surface area contributed by atoms with Crippen molar-refractivity contribution in [2.75, 3.05) is 6.26 Å². The molecular weight excluding hydrogens is 435 g/mol. The standard InChI is InChI=1S/C22H21FN2O2.CH4O3S/c23-20-9-5-4-8-18(20)15-27-19-12-10-16(11-13-19)14-25-21(22(24)26)17-6-2-1-3-7-17;1-5(2,3)4/h1-13,21,25H,14-15H2,(H2,24,26);1H3,(H,2,3,4). The van der Waals surface area contributed by atoms with E-state index in [-0.39, 0.29) is 12.4 Å². The van der Waals surface area contributed by atoms with Crippen molar-refractivity contribution in [3.63, 3.8) is 0 Å². The first kappa shape index (κ1) is 25.0.